The Morgan fingerprint density at radius 2 is 2.05 bits per heavy atom. The van der Waals surface area contributed by atoms with Crippen molar-refractivity contribution in [1.29, 1.82) is 0 Å². The zero-order valence-corrected chi connectivity index (χ0v) is 13.5. The van der Waals surface area contributed by atoms with Crippen LogP contribution >= 0.6 is 34.8 Å². The van der Waals surface area contributed by atoms with Crippen molar-refractivity contribution in [3.05, 3.63) is 29.8 Å². The number of nitrogens with two attached hydrogens (primary N) is 1. The third-order valence-electron chi connectivity index (χ3n) is 2.44. The van der Waals surface area contributed by atoms with Crippen LogP contribution in [0.4, 0.5) is 0 Å². The highest BCUT2D eigenvalue weighted by molar-refractivity contribution is 6.68. The van der Waals surface area contributed by atoms with Crippen LogP contribution in [0.15, 0.2) is 24.3 Å². The Balaban J connectivity index is 2.89. The van der Waals surface area contributed by atoms with Crippen LogP contribution in [0.25, 0.3) is 0 Å². The fourth-order valence-electron chi connectivity index (χ4n) is 1.48. The summed E-state index contributed by atoms with van der Waals surface area (Å²) in [4.78, 5) is 22.7. The lowest BCUT2D eigenvalue weighted by molar-refractivity contribution is -0.123. The van der Waals surface area contributed by atoms with Crippen LogP contribution in [-0.4, -0.2) is 21.8 Å². The van der Waals surface area contributed by atoms with Gasteiger partial charge in [0.05, 0.1) is 0 Å². The molecule has 116 valence electrons. The van der Waals surface area contributed by atoms with Gasteiger partial charge in [0.25, 0.3) is 0 Å². The van der Waals surface area contributed by atoms with Gasteiger partial charge < -0.3 is 15.8 Å². The number of ether oxygens (including phenoxy) is 1. The van der Waals surface area contributed by atoms with Crippen molar-refractivity contribution in [1.82, 2.24) is 5.32 Å². The molecule has 1 rings (SSSR count). The smallest absolute Gasteiger partial charge is 0.248 e. The Morgan fingerprint density at radius 1 is 1.38 bits per heavy atom. The van der Waals surface area contributed by atoms with Crippen molar-refractivity contribution >= 4 is 46.6 Å². The summed E-state index contributed by atoms with van der Waals surface area (Å²) in [6.45, 7) is 1.85. The normalized spacial score (nSPS) is 12.6. The summed E-state index contributed by atoms with van der Waals surface area (Å²) in [5.41, 5.74) is 5.42. The van der Waals surface area contributed by atoms with E-state index in [0.717, 1.165) is 0 Å². The second-order valence-corrected chi connectivity index (χ2v) is 6.62. The Kier molecular flexibility index (Phi) is 6.58. The van der Waals surface area contributed by atoms with Crippen molar-refractivity contribution < 1.29 is 14.3 Å². The van der Waals surface area contributed by atoms with Gasteiger partial charge >= 0.3 is 0 Å². The largest absolute Gasteiger partial charge is 0.466 e. The molecule has 0 aromatic heterocycles. The number of halogens is 3. The van der Waals surface area contributed by atoms with Crippen LogP contribution in [0.2, 0.25) is 0 Å². The van der Waals surface area contributed by atoms with E-state index < -0.39 is 15.9 Å². The van der Waals surface area contributed by atoms with E-state index in [1.54, 1.807) is 12.1 Å². The monoisotopic (exact) mass is 352 g/mol. The number of primary amides is 1. The molecular formula is C13H15Cl3N2O3. The molecule has 0 radical (unpaired) electrons. The van der Waals surface area contributed by atoms with Gasteiger partial charge in [0, 0.05) is 12.0 Å². The number of hydrogen-bond acceptors (Lipinski definition) is 3. The van der Waals surface area contributed by atoms with Crippen LogP contribution in [0.1, 0.15) is 30.1 Å². The summed E-state index contributed by atoms with van der Waals surface area (Å²) in [5, 5.41) is 2.48. The molecule has 1 aromatic carbocycles. The quantitative estimate of drug-likeness (QED) is 0.609. The number of amides is 2. The highest BCUT2D eigenvalue weighted by Crippen LogP contribution is 2.32. The summed E-state index contributed by atoms with van der Waals surface area (Å²) in [5.74, 6) is -0.666. The summed E-state index contributed by atoms with van der Waals surface area (Å²) in [7, 11) is 0. The number of carbonyl (C=O) groups is 2. The molecule has 1 atom stereocenters. The number of benzene rings is 1. The van der Waals surface area contributed by atoms with Crippen LogP contribution in [0, 0.1) is 0 Å². The zero-order valence-electron chi connectivity index (χ0n) is 11.2. The number of nitrogens with one attached hydrogen (secondary N) is 1. The Labute approximate surface area is 137 Å². The van der Waals surface area contributed by atoms with E-state index in [1.165, 1.54) is 12.1 Å². The molecule has 0 aliphatic heterocycles. The molecule has 8 heteroatoms. The summed E-state index contributed by atoms with van der Waals surface area (Å²) < 4.78 is 3.58. The minimum absolute atomic E-state index is 0.246. The van der Waals surface area contributed by atoms with Gasteiger partial charge in [-0.25, -0.2) is 0 Å². The van der Waals surface area contributed by atoms with E-state index in [-0.39, 0.29) is 23.6 Å². The Bertz CT molecular complexity index is 518. The molecule has 2 amide bonds. The van der Waals surface area contributed by atoms with Gasteiger partial charge in [-0.3, -0.25) is 9.59 Å². The molecule has 1 aromatic rings. The first-order valence-corrected chi connectivity index (χ1v) is 7.30. The molecule has 1 unspecified atom stereocenters. The molecule has 0 saturated carbocycles. The topological polar surface area (TPSA) is 81.4 Å². The van der Waals surface area contributed by atoms with E-state index >= 15 is 0 Å². The number of alkyl halides is 3. The fraction of sp³-hybridized carbons (Fsp3) is 0.385. The average Bonchev–Trinajstić information content (AvgIpc) is 2.37. The minimum atomic E-state index is -1.87. The second-order valence-electron chi connectivity index (χ2n) is 4.25. The average molecular weight is 354 g/mol. The maximum absolute atomic E-state index is 11.6. The van der Waals surface area contributed by atoms with Crippen molar-refractivity contribution in [2.24, 2.45) is 5.73 Å². The van der Waals surface area contributed by atoms with E-state index in [2.05, 4.69) is 5.32 Å². The fourth-order valence-corrected chi connectivity index (χ4v) is 1.78. The first-order valence-electron chi connectivity index (χ1n) is 6.16. The number of hydrogen-bond donors (Lipinski definition) is 2. The number of carbonyl (C=O) groups excluding carboxylic acids is 2. The third-order valence-corrected chi connectivity index (χ3v) is 3.03. The van der Waals surface area contributed by atoms with Crippen molar-refractivity contribution in [2.75, 3.05) is 0 Å². The lowest BCUT2D eigenvalue weighted by Gasteiger charge is -2.26. The van der Waals surface area contributed by atoms with Crippen LogP contribution < -0.4 is 15.8 Å². The van der Waals surface area contributed by atoms with Gasteiger partial charge in [-0.1, -0.05) is 47.8 Å². The first-order chi connectivity index (χ1) is 9.74. The predicted octanol–water partition coefficient (Wildman–Crippen LogP) is 2.78. The van der Waals surface area contributed by atoms with E-state index in [4.69, 9.17) is 45.3 Å². The van der Waals surface area contributed by atoms with Crippen molar-refractivity contribution in [3.63, 3.8) is 0 Å². The highest BCUT2D eigenvalue weighted by atomic mass is 35.6. The summed E-state index contributed by atoms with van der Waals surface area (Å²) in [6.07, 6.45) is -0.262. The molecule has 3 N–H and O–H groups in total. The maximum Gasteiger partial charge on any atom is 0.248 e. The summed E-state index contributed by atoms with van der Waals surface area (Å²) in [6, 6.07) is 6.05. The molecular weight excluding hydrogens is 339 g/mol. The van der Waals surface area contributed by atoms with Crippen LogP contribution in [0.3, 0.4) is 0 Å². The molecule has 0 fully saturated rings. The van der Waals surface area contributed by atoms with Crippen LogP contribution in [0.5, 0.6) is 5.75 Å². The standard InChI is InChI=1S/C13H15Cl3N2O3/c1-2-4-10(19)18-12(13(14,15)16)21-9-6-3-5-8(7-9)11(17)20/h3,5-7,12H,2,4H2,1H3,(H2,17,20)(H,18,19). The second kappa shape index (κ2) is 7.73. The van der Waals surface area contributed by atoms with Gasteiger partial charge in [-0.2, -0.15) is 0 Å². The van der Waals surface area contributed by atoms with Gasteiger partial charge in [-0.05, 0) is 24.6 Å². The SMILES string of the molecule is CCCC(=O)NC(Oc1cccc(C(N)=O)c1)C(Cl)(Cl)Cl. The molecule has 0 saturated heterocycles. The minimum Gasteiger partial charge on any atom is -0.466 e. The zero-order chi connectivity index (χ0) is 16.0. The van der Waals surface area contributed by atoms with Gasteiger partial charge in [-0.15, -0.1) is 0 Å². The molecule has 0 aliphatic rings. The van der Waals surface area contributed by atoms with E-state index in [9.17, 15) is 9.59 Å². The molecule has 0 heterocycles. The first kappa shape index (κ1) is 17.9. The van der Waals surface area contributed by atoms with Gasteiger partial charge in [0.2, 0.25) is 21.8 Å². The van der Waals surface area contributed by atoms with Crippen LogP contribution in [-0.2, 0) is 4.79 Å². The number of rotatable bonds is 6. The van der Waals surface area contributed by atoms with E-state index in [1.807, 2.05) is 6.92 Å². The lowest BCUT2D eigenvalue weighted by atomic mass is 10.2. The van der Waals surface area contributed by atoms with Crippen molar-refractivity contribution in [3.8, 4) is 5.75 Å². The molecule has 0 bridgehead atoms. The van der Waals surface area contributed by atoms with Gasteiger partial charge in [0.1, 0.15) is 5.75 Å². The molecule has 21 heavy (non-hydrogen) atoms. The lowest BCUT2D eigenvalue weighted by Crippen LogP contribution is -2.47. The predicted molar refractivity (Wildman–Crippen MR) is 82.7 cm³/mol. The Hall–Kier alpha value is -1.17. The maximum atomic E-state index is 11.6. The van der Waals surface area contributed by atoms with E-state index in [0.29, 0.717) is 6.42 Å². The Morgan fingerprint density at radius 3 is 2.57 bits per heavy atom. The third kappa shape index (κ3) is 5.99. The summed E-state index contributed by atoms with van der Waals surface area (Å²) >= 11 is 17.4. The highest BCUT2D eigenvalue weighted by Gasteiger charge is 2.36. The molecule has 0 aliphatic carbocycles. The molecule has 5 nitrogen and oxygen atoms in total. The van der Waals surface area contributed by atoms with Gasteiger partial charge in [0.15, 0.2) is 0 Å². The molecule has 0 spiro atoms. The van der Waals surface area contributed by atoms with Crippen molar-refractivity contribution in [2.45, 2.75) is 29.8 Å².